The number of Topliss-reactive ketones (excluding diaryl/α,β-unsaturated/α-hetero) is 1. The summed E-state index contributed by atoms with van der Waals surface area (Å²) in [7, 11) is 3.47. The van der Waals surface area contributed by atoms with Crippen LogP contribution in [0.25, 0.3) is 10.9 Å². The first-order valence-corrected chi connectivity index (χ1v) is 7.42. The molecule has 0 saturated heterocycles. The van der Waals surface area contributed by atoms with E-state index in [9.17, 15) is 9.59 Å². The summed E-state index contributed by atoms with van der Waals surface area (Å²) in [5.41, 5.74) is 2.16. The number of methoxy groups -OCH3 is 1. The van der Waals surface area contributed by atoms with Gasteiger partial charge in [0.05, 0.1) is 12.7 Å². The lowest BCUT2D eigenvalue weighted by Gasteiger charge is -2.17. The second kappa shape index (κ2) is 6.22. The fraction of sp³-hybridized carbons (Fsp3) is 0.412. The fourth-order valence-electron chi connectivity index (χ4n) is 2.73. The van der Waals surface area contributed by atoms with Gasteiger partial charge >= 0.3 is 0 Å². The van der Waals surface area contributed by atoms with Crippen molar-refractivity contribution in [3.8, 4) is 5.75 Å². The Bertz CT molecular complexity index is 727. The van der Waals surface area contributed by atoms with Gasteiger partial charge in [-0.2, -0.15) is 0 Å². The first-order chi connectivity index (χ1) is 10.5. The molecule has 0 aliphatic rings. The van der Waals surface area contributed by atoms with Gasteiger partial charge in [-0.05, 0) is 39.0 Å². The van der Waals surface area contributed by atoms with Crippen LogP contribution in [-0.4, -0.2) is 41.4 Å². The van der Waals surface area contributed by atoms with Crippen LogP contribution in [0.15, 0.2) is 18.2 Å². The highest BCUT2D eigenvalue weighted by Crippen LogP contribution is 2.29. The molecular formula is C17H22N2O3. The van der Waals surface area contributed by atoms with E-state index in [1.165, 1.54) is 0 Å². The maximum absolute atomic E-state index is 12.7. The summed E-state index contributed by atoms with van der Waals surface area (Å²) < 4.78 is 7.17. The third-order valence-corrected chi connectivity index (χ3v) is 4.17. The number of carbonyl (C=O) groups excluding carboxylic acids is 2. The Morgan fingerprint density at radius 2 is 1.86 bits per heavy atom. The number of likely N-dealkylation sites (N-methyl/N-ethyl adjacent to an activating group) is 1. The molecule has 118 valence electrons. The molecule has 0 spiro atoms. The predicted molar refractivity (Wildman–Crippen MR) is 86.5 cm³/mol. The van der Waals surface area contributed by atoms with E-state index in [1.807, 2.05) is 50.6 Å². The molecule has 1 heterocycles. The first kappa shape index (κ1) is 16.1. The van der Waals surface area contributed by atoms with Crippen LogP contribution in [0.1, 0.15) is 29.9 Å². The average Bonchev–Trinajstić information content (AvgIpc) is 2.78. The summed E-state index contributed by atoms with van der Waals surface area (Å²) in [4.78, 5) is 26.7. The zero-order valence-corrected chi connectivity index (χ0v) is 13.8. The Kier molecular flexibility index (Phi) is 4.54. The van der Waals surface area contributed by atoms with Crippen LogP contribution in [0.5, 0.6) is 5.75 Å². The molecule has 0 aliphatic carbocycles. The molecule has 0 atom stereocenters. The smallest absolute Gasteiger partial charge is 0.295 e. The van der Waals surface area contributed by atoms with E-state index in [1.54, 1.807) is 12.0 Å². The van der Waals surface area contributed by atoms with Gasteiger partial charge in [-0.15, -0.1) is 0 Å². The Labute approximate surface area is 130 Å². The summed E-state index contributed by atoms with van der Waals surface area (Å²) >= 11 is 0. The van der Waals surface area contributed by atoms with Crippen LogP contribution in [0, 0.1) is 6.92 Å². The molecule has 5 nitrogen and oxygen atoms in total. The number of rotatable bonds is 5. The SMILES string of the molecule is CCN(CC)C(=O)C(=O)c1c(C)n(C)c2ccc(OC)cc12. The molecule has 0 aliphatic heterocycles. The molecule has 1 aromatic carbocycles. The van der Waals surface area contributed by atoms with Gasteiger partial charge in [-0.25, -0.2) is 0 Å². The topological polar surface area (TPSA) is 51.5 Å². The highest BCUT2D eigenvalue weighted by Gasteiger charge is 2.27. The monoisotopic (exact) mass is 302 g/mol. The van der Waals surface area contributed by atoms with Crippen molar-refractivity contribution in [3.63, 3.8) is 0 Å². The van der Waals surface area contributed by atoms with Crippen LogP contribution < -0.4 is 4.74 Å². The van der Waals surface area contributed by atoms with E-state index in [2.05, 4.69) is 0 Å². The van der Waals surface area contributed by atoms with Crippen LogP contribution in [-0.2, 0) is 11.8 Å². The lowest BCUT2D eigenvalue weighted by Crippen LogP contribution is -2.36. The molecule has 1 aromatic heterocycles. The zero-order valence-electron chi connectivity index (χ0n) is 13.8. The minimum atomic E-state index is -0.458. The summed E-state index contributed by atoms with van der Waals surface area (Å²) in [6.07, 6.45) is 0. The fourth-order valence-corrected chi connectivity index (χ4v) is 2.73. The van der Waals surface area contributed by atoms with Crippen molar-refractivity contribution < 1.29 is 14.3 Å². The Morgan fingerprint density at radius 1 is 1.23 bits per heavy atom. The Morgan fingerprint density at radius 3 is 2.41 bits per heavy atom. The van der Waals surface area contributed by atoms with E-state index in [0.29, 0.717) is 24.4 Å². The summed E-state index contributed by atoms with van der Waals surface area (Å²) in [5, 5.41) is 0.754. The van der Waals surface area contributed by atoms with Gasteiger partial charge in [0.1, 0.15) is 5.75 Å². The van der Waals surface area contributed by atoms with Crippen molar-refractivity contribution in [2.24, 2.45) is 7.05 Å². The molecule has 0 saturated carbocycles. The van der Waals surface area contributed by atoms with Gasteiger partial charge in [0, 0.05) is 36.7 Å². The standard InChI is InChI=1S/C17H22N2O3/c1-6-19(7-2)17(21)16(20)15-11(3)18(4)14-9-8-12(22-5)10-13(14)15/h8-10H,6-7H2,1-5H3. The van der Waals surface area contributed by atoms with E-state index < -0.39 is 11.7 Å². The molecule has 0 unspecified atom stereocenters. The van der Waals surface area contributed by atoms with Crippen molar-refractivity contribution in [2.45, 2.75) is 20.8 Å². The summed E-state index contributed by atoms with van der Waals surface area (Å²) in [5.74, 6) is -0.245. The van der Waals surface area contributed by atoms with Crippen LogP contribution in [0.2, 0.25) is 0 Å². The maximum Gasteiger partial charge on any atom is 0.295 e. The first-order valence-electron chi connectivity index (χ1n) is 7.42. The molecule has 1 amide bonds. The molecule has 0 fully saturated rings. The molecule has 0 bridgehead atoms. The van der Waals surface area contributed by atoms with Crippen molar-refractivity contribution >= 4 is 22.6 Å². The molecule has 22 heavy (non-hydrogen) atoms. The lowest BCUT2D eigenvalue weighted by molar-refractivity contribution is -0.126. The second-order valence-corrected chi connectivity index (χ2v) is 5.21. The summed E-state index contributed by atoms with van der Waals surface area (Å²) in [6, 6.07) is 5.56. The van der Waals surface area contributed by atoms with Gasteiger partial charge in [0.15, 0.2) is 0 Å². The third kappa shape index (κ3) is 2.47. The lowest BCUT2D eigenvalue weighted by atomic mass is 10.1. The van der Waals surface area contributed by atoms with E-state index in [-0.39, 0.29) is 0 Å². The number of amides is 1. The van der Waals surface area contributed by atoms with Crippen LogP contribution in [0.4, 0.5) is 0 Å². The van der Waals surface area contributed by atoms with Gasteiger partial charge < -0.3 is 14.2 Å². The maximum atomic E-state index is 12.7. The predicted octanol–water partition coefficient (Wildman–Crippen LogP) is 2.55. The van der Waals surface area contributed by atoms with Gasteiger partial charge in [0.2, 0.25) is 0 Å². The van der Waals surface area contributed by atoms with Crippen molar-refractivity contribution in [2.75, 3.05) is 20.2 Å². The Hall–Kier alpha value is -2.30. The molecule has 0 radical (unpaired) electrons. The molecular weight excluding hydrogens is 280 g/mol. The van der Waals surface area contributed by atoms with Crippen molar-refractivity contribution in [3.05, 3.63) is 29.5 Å². The van der Waals surface area contributed by atoms with Crippen LogP contribution in [0.3, 0.4) is 0 Å². The van der Waals surface area contributed by atoms with Gasteiger partial charge in [-0.3, -0.25) is 9.59 Å². The number of aryl methyl sites for hydroxylation is 1. The number of nitrogens with zero attached hydrogens (tertiary/aromatic N) is 2. The highest BCUT2D eigenvalue weighted by molar-refractivity contribution is 6.45. The minimum Gasteiger partial charge on any atom is -0.497 e. The van der Waals surface area contributed by atoms with E-state index in [0.717, 1.165) is 16.6 Å². The molecule has 2 aromatic rings. The van der Waals surface area contributed by atoms with Crippen molar-refractivity contribution in [1.29, 1.82) is 0 Å². The number of ether oxygens (including phenoxy) is 1. The van der Waals surface area contributed by atoms with E-state index in [4.69, 9.17) is 4.74 Å². The van der Waals surface area contributed by atoms with Crippen LogP contribution >= 0.6 is 0 Å². The molecule has 2 rings (SSSR count). The third-order valence-electron chi connectivity index (χ3n) is 4.17. The second-order valence-electron chi connectivity index (χ2n) is 5.21. The number of hydrogen-bond donors (Lipinski definition) is 0. The molecule has 5 heteroatoms. The van der Waals surface area contributed by atoms with E-state index >= 15 is 0 Å². The number of hydrogen-bond acceptors (Lipinski definition) is 3. The zero-order chi connectivity index (χ0) is 16.4. The Balaban J connectivity index is 2.61. The van der Waals surface area contributed by atoms with Gasteiger partial charge in [0.25, 0.3) is 11.7 Å². The minimum absolute atomic E-state index is 0.455. The summed E-state index contributed by atoms with van der Waals surface area (Å²) in [6.45, 7) is 6.64. The average molecular weight is 302 g/mol. The normalized spacial score (nSPS) is 10.8. The number of ketones is 1. The largest absolute Gasteiger partial charge is 0.497 e. The molecule has 0 N–H and O–H groups in total. The number of fused-ring (bicyclic) bond motifs is 1. The number of aromatic nitrogens is 1. The quantitative estimate of drug-likeness (QED) is 0.630. The van der Waals surface area contributed by atoms with Crippen molar-refractivity contribution in [1.82, 2.24) is 9.47 Å². The van der Waals surface area contributed by atoms with Gasteiger partial charge in [-0.1, -0.05) is 0 Å². The highest BCUT2D eigenvalue weighted by atomic mass is 16.5. The number of carbonyl (C=O) groups is 2. The number of benzene rings is 1.